The number of unbranched alkanes of at least 4 members (excludes halogenated alkanes) is 7. The minimum absolute atomic E-state index is 0.0767. The summed E-state index contributed by atoms with van der Waals surface area (Å²) in [5.41, 5.74) is 4.63. The van der Waals surface area contributed by atoms with E-state index in [0.717, 1.165) is 17.5 Å². The van der Waals surface area contributed by atoms with Crippen LogP contribution >= 0.6 is 0 Å². The van der Waals surface area contributed by atoms with Gasteiger partial charge in [0.1, 0.15) is 5.75 Å². The van der Waals surface area contributed by atoms with Gasteiger partial charge in [-0.05, 0) is 41.5 Å². The van der Waals surface area contributed by atoms with Crippen LogP contribution in [0.25, 0.3) is 0 Å². The summed E-state index contributed by atoms with van der Waals surface area (Å²) in [6.45, 7) is 11.1. The molecule has 160 valence electrons. The van der Waals surface area contributed by atoms with Gasteiger partial charge in [0.25, 0.3) is 0 Å². The van der Waals surface area contributed by atoms with Crippen LogP contribution in [0.15, 0.2) is 42.5 Å². The fraction of sp³-hybridized carbons (Fsp3) is 0.571. The summed E-state index contributed by atoms with van der Waals surface area (Å²) in [4.78, 5) is 0. The van der Waals surface area contributed by atoms with E-state index >= 15 is 0 Å². The van der Waals surface area contributed by atoms with Crippen molar-refractivity contribution in [3.05, 3.63) is 64.7 Å². The Labute approximate surface area is 179 Å². The van der Waals surface area contributed by atoms with Gasteiger partial charge in [-0.25, -0.2) is 0 Å². The standard InChI is InChI=1S/C28H42O/c1-6-7-8-9-10-11-12-14-17-22(2)26-21-25(20-23(3)27(26)29)28(4,5)24-18-15-13-16-19-24/h13,15-16,18-22,29H,6-12,14,17H2,1-5H3. The van der Waals surface area contributed by atoms with Crippen molar-refractivity contribution in [1.82, 2.24) is 0 Å². The largest absolute Gasteiger partial charge is 0.507 e. The van der Waals surface area contributed by atoms with E-state index in [1.807, 2.05) is 6.92 Å². The van der Waals surface area contributed by atoms with E-state index < -0.39 is 0 Å². The molecule has 1 N–H and O–H groups in total. The van der Waals surface area contributed by atoms with Gasteiger partial charge < -0.3 is 5.11 Å². The first kappa shape index (κ1) is 23.5. The predicted octanol–water partition coefficient (Wildman–Crippen LogP) is 8.66. The second-order valence-corrected chi connectivity index (χ2v) is 9.39. The van der Waals surface area contributed by atoms with Crippen molar-refractivity contribution in [2.24, 2.45) is 0 Å². The molecule has 0 bridgehead atoms. The van der Waals surface area contributed by atoms with Crippen LogP contribution < -0.4 is 0 Å². The molecule has 1 unspecified atom stereocenters. The number of phenolic OH excluding ortho intramolecular Hbond substituents is 1. The van der Waals surface area contributed by atoms with E-state index in [9.17, 15) is 5.11 Å². The van der Waals surface area contributed by atoms with Crippen LogP contribution in [0.3, 0.4) is 0 Å². The van der Waals surface area contributed by atoms with Crippen LogP contribution in [0.1, 0.15) is 114 Å². The zero-order chi connectivity index (χ0) is 21.3. The molecular weight excluding hydrogens is 352 g/mol. The molecular formula is C28H42O. The smallest absolute Gasteiger partial charge is 0.121 e. The second-order valence-electron chi connectivity index (χ2n) is 9.39. The summed E-state index contributed by atoms with van der Waals surface area (Å²) in [6.07, 6.45) is 11.9. The summed E-state index contributed by atoms with van der Waals surface area (Å²) < 4.78 is 0. The highest BCUT2D eigenvalue weighted by molar-refractivity contribution is 5.49. The molecule has 0 radical (unpaired) electrons. The molecule has 0 spiro atoms. The normalized spacial score (nSPS) is 12.9. The number of hydrogen-bond acceptors (Lipinski definition) is 1. The lowest BCUT2D eigenvalue weighted by Gasteiger charge is -2.28. The maximum Gasteiger partial charge on any atom is 0.121 e. The van der Waals surface area contributed by atoms with Crippen molar-refractivity contribution in [2.75, 3.05) is 0 Å². The van der Waals surface area contributed by atoms with Crippen LogP contribution in [-0.2, 0) is 5.41 Å². The lowest BCUT2D eigenvalue weighted by atomic mass is 9.76. The number of hydrogen-bond donors (Lipinski definition) is 1. The van der Waals surface area contributed by atoms with E-state index in [0.29, 0.717) is 11.7 Å². The highest BCUT2D eigenvalue weighted by Crippen LogP contribution is 2.39. The third kappa shape index (κ3) is 6.63. The highest BCUT2D eigenvalue weighted by Gasteiger charge is 2.25. The molecule has 0 fully saturated rings. The molecule has 1 atom stereocenters. The zero-order valence-corrected chi connectivity index (χ0v) is 19.4. The van der Waals surface area contributed by atoms with E-state index in [1.54, 1.807) is 0 Å². The van der Waals surface area contributed by atoms with Gasteiger partial charge in [0, 0.05) is 5.41 Å². The van der Waals surface area contributed by atoms with Gasteiger partial charge in [-0.3, -0.25) is 0 Å². The molecule has 1 heteroatoms. The minimum Gasteiger partial charge on any atom is -0.507 e. The molecule has 0 aliphatic rings. The molecule has 0 heterocycles. The number of aromatic hydroxyl groups is 1. The lowest BCUT2D eigenvalue weighted by molar-refractivity contribution is 0.451. The Bertz CT molecular complexity index is 729. The average molecular weight is 395 g/mol. The topological polar surface area (TPSA) is 20.2 Å². The van der Waals surface area contributed by atoms with E-state index in [1.165, 1.54) is 62.5 Å². The minimum atomic E-state index is -0.0767. The van der Waals surface area contributed by atoms with Gasteiger partial charge in [-0.1, -0.05) is 122 Å². The van der Waals surface area contributed by atoms with Crippen molar-refractivity contribution < 1.29 is 5.11 Å². The fourth-order valence-corrected chi connectivity index (χ4v) is 4.30. The summed E-state index contributed by atoms with van der Waals surface area (Å²) in [7, 11) is 0. The molecule has 2 rings (SSSR count). The maximum absolute atomic E-state index is 10.8. The summed E-state index contributed by atoms with van der Waals surface area (Å²) in [5.74, 6) is 0.880. The van der Waals surface area contributed by atoms with Gasteiger partial charge in [-0.15, -0.1) is 0 Å². The van der Waals surface area contributed by atoms with Crippen molar-refractivity contribution in [2.45, 2.75) is 104 Å². The Morgan fingerprint density at radius 3 is 2.03 bits per heavy atom. The third-order valence-electron chi connectivity index (χ3n) is 6.57. The first-order valence-corrected chi connectivity index (χ1v) is 11.8. The van der Waals surface area contributed by atoms with Crippen molar-refractivity contribution in [3.63, 3.8) is 0 Å². The molecule has 1 nitrogen and oxygen atoms in total. The summed E-state index contributed by atoms with van der Waals surface area (Å²) in [6, 6.07) is 15.1. The van der Waals surface area contributed by atoms with Gasteiger partial charge in [0.05, 0.1) is 0 Å². The monoisotopic (exact) mass is 394 g/mol. The summed E-state index contributed by atoms with van der Waals surface area (Å²) >= 11 is 0. The number of rotatable bonds is 12. The Hall–Kier alpha value is -1.76. The zero-order valence-electron chi connectivity index (χ0n) is 19.4. The number of phenols is 1. The van der Waals surface area contributed by atoms with Gasteiger partial charge in [0.2, 0.25) is 0 Å². The molecule has 0 amide bonds. The quantitative estimate of drug-likeness (QED) is 0.357. The fourth-order valence-electron chi connectivity index (χ4n) is 4.30. The molecule has 0 aliphatic carbocycles. The molecule has 0 aromatic heterocycles. The highest BCUT2D eigenvalue weighted by atomic mass is 16.3. The average Bonchev–Trinajstić information content (AvgIpc) is 2.72. The van der Waals surface area contributed by atoms with Gasteiger partial charge >= 0.3 is 0 Å². The Morgan fingerprint density at radius 1 is 0.828 bits per heavy atom. The van der Waals surface area contributed by atoms with Gasteiger partial charge in [0.15, 0.2) is 0 Å². The van der Waals surface area contributed by atoms with Crippen molar-refractivity contribution >= 4 is 0 Å². The molecule has 2 aromatic rings. The Balaban J connectivity index is 2.01. The third-order valence-corrected chi connectivity index (χ3v) is 6.57. The second kappa shape index (κ2) is 11.4. The van der Waals surface area contributed by atoms with Crippen molar-refractivity contribution in [3.8, 4) is 5.75 Å². The van der Waals surface area contributed by atoms with E-state index in [4.69, 9.17) is 0 Å². The first-order valence-electron chi connectivity index (χ1n) is 11.8. The Kier molecular flexibility index (Phi) is 9.27. The van der Waals surface area contributed by atoms with Crippen LogP contribution in [0.4, 0.5) is 0 Å². The SMILES string of the molecule is CCCCCCCCCCC(C)c1cc(C(C)(C)c2ccccc2)cc(C)c1O. The van der Waals surface area contributed by atoms with Gasteiger partial charge in [-0.2, -0.15) is 0 Å². The maximum atomic E-state index is 10.8. The number of benzene rings is 2. The molecule has 29 heavy (non-hydrogen) atoms. The van der Waals surface area contributed by atoms with Crippen molar-refractivity contribution in [1.29, 1.82) is 0 Å². The van der Waals surface area contributed by atoms with E-state index in [-0.39, 0.29) is 5.41 Å². The predicted molar refractivity (Wildman–Crippen MR) is 127 cm³/mol. The molecule has 0 aliphatic heterocycles. The van der Waals surface area contributed by atoms with Crippen LogP contribution in [-0.4, -0.2) is 5.11 Å². The Morgan fingerprint density at radius 2 is 1.41 bits per heavy atom. The lowest BCUT2D eigenvalue weighted by Crippen LogP contribution is -2.19. The van der Waals surface area contributed by atoms with Crippen LogP contribution in [0, 0.1) is 6.92 Å². The van der Waals surface area contributed by atoms with E-state index in [2.05, 4.69) is 70.2 Å². The molecule has 0 saturated heterocycles. The number of aryl methyl sites for hydroxylation is 1. The molecule has 0 saturated carbocycles. The summed E-state index contributed by atoms with van der Waals surface area (Å²) in [5, 5.41) is 10.8. The van der Waals surface area contributed by atoms with Crippen LogP contribution in [0.2, 0.25) is 0 Å². The van der Waals surface area contributed by atoms with Crippen LogP contribution in [0.5, 0.6) is 5.75 Å². The first-order chi connectivity index (χ1) is 13.9. The molecule has 2 aromatic carbocycles.